The maximum absolute atomic E-state index is 13.3. The lowest BCUT2D eigenvalue weighted by Gasteiger charge is -2.35. The number of aromatic carboxylic acids is 1. The number of nitrogens with two attached hydrogens (primary N) is 2. The lowest BCUT2D eigenvalue weighted by atomic mass is 9.90. The second-order valence-electron chi connectivity index (χ2n) is 14.0. The first-order chi connectivity index (χ1) is 28.6. The molecule has 1 amide bonds. The molecule has 2 fully saturated rings. The van der Waals surface area contributed by atoms with Crippen molar-refractivity contribution < 1.29 is 29.0 Å². The van der Waals surface area contributed by atoms with Gasteiger partial charge in [0.05, 0.1) is 24.5 Å². The van der Waals surface area contributed by atoms with E-state index in [1.807, 2.05) is 9.80 Å². The van der Waals surface area contributed by atoms with Crippen molar-refractivity contribution in [3.05, 3.63) is 82.3 Å². The number of hydrogen-bond donors (Lipinski definition) is 5. The fraction of sp³-hybridized carbons (Fsp3) is 0.308. The Bertz CT molecular complexity index is 2570. The van der Waals surface area contributed by atoms with Gasteiger partial charge < -0.3 is 50.9 Å². The van der Waals surface area contributed by atoms with Crippen LogP contribution in [0.15, 0.2) is 75.0 Å². The van der Waals surface area contributed by atoms with E-state index in [1.165, 1.54) is 35.0 Å². The van der Waals surface area contributed by atoms with E-state index in [4.69, 9.17) is 35.6 Å². The van der Waals surface area contributed by atoms with Crippen molar-refractivity contribution in [3.8, 4) is 28.2 Å². The van der Waals surface area contributed by atoms with E-state index in [9.17, 15) is 24.6 Å². The van der Waals surface area contributed by atoms with Gasteiger partial charge in [-0.05, 0) is 54.8 Å². The van der Waals surface area contributed by atoms with Crippen LogP contribution in [0.25, 0.3) is 33.4 Å². The molecule has 4 aromatic rings. The Morgan fingerprint density at radius 2 is 1.63 bits per heavy atom. The monoisotopic (exact) mass is 803 g/mol. The molecule has 304 valence electrons. The number of aliphatic imine (C=N–C) groups is 1. The van der Waals surface area contributed by atoms with Gasteiger partial charge in [-0.15, -0.1) is 5.10 Å². The molecule has 59 heavy (non-hydrogen) atoms. The van der Waals surface area contributed by atoms with Crippen molar-refractivity contribution in [1.29, 1.82) is 0 Å². The van der Waals surface area contributed by atoms with Crippen molar-refractivity contribution >= 4 is 52.3 Å². The predicted octanol–water partition coefficient (Wildman–Crippen LogP) is 1.88. The number of ether oxygens (including phenoxy) is 1. The number of aromatic hydroxyl groups is 1. The van der Waals surface area contributed by atoms with Crippen molar-refractivity contribution in [2.24, 2.45) is 16.5 Å². The number of phenols is 1. The zero-order valence-corrected chi connectivity index (χ0v) is 31.8. The normalized spacial score (nSPS) is 14.5. The van der Waals surface area contributed by atoms with Crippen LogP contribution in [0.2, 0.25) is 0 Å². The van der Waals surface area contributed by atoms with Crippen molar-refractivity contribution in [2.45, 2.75) is 19.4 Å². The average molecular weight is 804 g/mol. The van der Waals surface area contributed by atoms with Gasteiger partial charge in [0, 0.05) is 86.3 Å². The SMILES string of the molecule is NC(N)=NCCCc1cn(CC(=O)N2CCN(c3nc(Nc4ccc(-c5c6ccc(=O)cc-6oc6cc(O)ccc56)c(C(=O)O)c4)nc(N4CCOCC4)n3)CC2)nn1. The third-order valence-electron chi connectivity index (χ3n) is 10.0. The Labute approximate surface area is 336 Å². The van der Waals surface area contributed by atoms with Crippen LogP contribution in [0.4, 0.5) is 23.5 Å². The van der Waals surface area contributed by atoms with Gasteiger partial charge in [-0.3, -0.25) is 14.6 Å². The smallest absolute Gasteiger partial charge is 0.336 e. The number of nitrogens with zero attached hydrogens (tertiary/aromatic N) is 10. The molecule has 3 aliphatic heterocycles. The van der Waals surface area contributed by atoms with Gasteiger partial charge in [0.2, 0.25) is 23.8 Å². The molecule has 7 N–H and O–H groups in total. The van der Waals surface area contributed by atoms with Crippen LogP contribution in [0.5, 0.6) is 5.75 Å². The fourth-order valence-corrected chi connectivity index (χ4v) is 7.14. The van der Waals surface area contributed by atoms with E-state index < -0.39 is 5.97 Å². The van der Waals surface area contributed by atoms with Crippen LogP contribution in [0.3, 0.4) is 0 Å². The number of rotatable bonds is 12. The number of fused-ring (bicyclic) bond motifs is 2. The fourth-order valence-electron chi connectivity index (χ4n) is 7.14. The van der Waals surface area contributed by atoms with E-state index in [0.717, 1.165) is 5.69 Å². The minimum Gasteiger partial charge on any atom is -0.508 e. The third kappa shape index (κ3) is 8.66. The van der Waals surface area contributed by atoms with Crippen molar-refractivity contribution in [3.63, 3.8) is 0 Å². The molecule has 2 aromatic carbocycles. The number of aryl methyl sites for hydroxylation is 1. The number of benzene rings is 3. The number of guanidine groups is 1. The van der Waals surface area contributed by atoms with Crippen molar-refractivity contribution in [2.75, 3.05) is 74.1 Å². The topological polar surface area (TPSA) is 270 Å². The van der Waals surface area contributed by atoms with E-state index in [0.29, 0.717) is 112 Å². The lowest BCUT2D eigenvalue weighted by Crippen LogP contribution is -2.50. The van der Waals surface area contributed by atoms with Crippen LogP contribution >= 0.6 is 0 Å². The Hall–Kier alpha value is -7.35. The van der Waals surface area contributed by atoms with Crippen LogP contribution in [-0.2, 0) is 22.5 Å². The zero-order valence-electron chi connectivity index (χ0n) is 31.8. The highest BCUT2D eigenvalue weighted by molar-refractivity contribution is 6.08. The maximum Gasteiger partial charge on any atom is 0.336 e. The summed E-state index contributed by atoms with van der Waals surface area (Å²) in [6, 6.07) is 13.8. The molecule has 0 unspecified atom stereocenters. The molecule has 4 aliphatic rings. The van der Waals surface area contributed by atoms with Crippen LogP contribution in [0, 0.1) is 0 Å². The van der Waals surface area contributed by atoms with Gasteiger partial charge in [-0.1, -0.05) is 11.3 Å². The number of nitrogens with one attached hydrogen (secondary N) is 1. The molecule has 0 saturated carbocycles. The summed E-state index contributed by atoms with van der Waals surface area (Å²) in [5.41, 5.74) is 13.3. The number of hydrogen-bond acceptors (Lipinski definition) is 15. The molecule has 20 heteroatoms. The molecule has 0 radical (unpaired) electrons. The molecule has 2 saturated heterocycles. The van der Waals surface area contributed by atoms with Gasteiger partial charge in [-0.25, -0.2) is 9.48 Å². The summed E-state index contributed by atoms with van der Waals surface area (Å²) in [7, 11) is 0. The minimum atomic E-state index is -1.19. The molecule has 20 nitrogen and oxygen atoms in total. The number of morpholine rings is 1. The molecule has 2 aromatic heterocycles. The quantitative estimate of drug-likeness (QED) is 0.0511. The van der Waals surface area contributed by atoms with Crippen LogP contribution < -0.4 is 32.0 Å². The largest absolute Gasteiger partial charge is 0.508 e. The number of carboxylic acids is 1. The number of carboxylic acid groups (broad SMARTS) is 1. The summed E-state index contributed by atoms with van der Waals surface area (Å²) >= 11 is 0. The van der Waals surface area contributed by atoms with Crippen LogP contribution in [0.1, 0.15) is 22.5 Å². The number of carbonyl (C=O) groups excluding carboxylic acids is 1. The number of anilines is 4. The highest BCUT2D eigenvalue weighted by Gasteiger charge is 2.27. The molecule has 0 bridgehead atoms. The van der Waals surface area contributed by atoms with E-state index in [-0.39, 0.29) is 52.4 Å². The second kappa shape index (κ2) is 16.6. The third-order valence-corrected chi connectivity index (χ3v) is 10.0. The first-order valence-electron chi connectivity index (χ1n) is 19.0. The molecule has 0 atom stereocenters. The molecule has 1 aliphatic carbocycles. The van der Waals surface area contributed by atoms with Crippen molar-refractivity contribution in [1.82, 2.24) is 34.8 Å². The summed E-state index contributed by atoms with van der Waals surface area (Å²) in [6.45, 7) is 4.45. The molecule has 5 heterocycles. The van der Waals surface area contributed by atoms with E-state index >= 15 is 0 Å². The number of piperazine rings is 1. The molecular formula is C39H41N13O7. The number of carbonyl (C=O) groups is 2. The lowest BCUT2D eigenvalue weighted by molar-refractivity contribution is -0.132. The predicted molar refractivity (Wildman–Crippen MR) is 217 cm³/mol. The van der Waals surface area contributed by atoms with Gasteiger partial charge in [0.25, 0.3) is 0 Å². The second-order valence-corrected chi connectivity index (χ2v) is 14.0. The van der Waals surface area contributed by atoms with Crippen LogP contribution in [-0.4, -0.2) is 122 Å². The Morgan fingerprint density at radius 1 is 0.881 bits per heavy atom. The molecular weight excluding hydrogens is 763 g/mol. The summed E-state index contributed by atoms with van der Waals surface area (Å²) in [6.07, 6.45) is 3.08. The summed E-state index contributed by atoms with van der Waals surface area (Å²) in [5, 5.41) is 32.7. The first kappa shape index (κ1) is 38.5. The van der Waals surface area contributed by atoms with E-state index in [1.54, 1.807) is 35.4 Å². The Morgan fingerprint density at radius 3 is 2.37 bits per heavy atom. The van der Waals surface area contributed by atoms with Gasteiger partial charge in [-0.2, -0.15) is 15.0 Å². The standard InChI is InChI=1S/C39H41N13O7/c40-36(41)42-9-1-2-24-21-52(48-47-24)22-33(55)49-10-12-50(13-11-49)38-44-37(45-39(46-38)51-14-16-58-17-15-51)43-23-3-6-27(30(18-23)35(56)57)34-28-7-4-25(53)19-31(28)59-32-20-26(54)5-8-29(32)34/h3-8,18-21,53H,1-2,9-17,22H2,(H,56,57)(H4,40,41,42)(H,43,44,45,46). The van der Waals surface area contributed by atoms with E-state index in [2.05, 4.69) is 20.6 Å². The Balaban J connectivity index is 1.03. The number of phenolic OH excluding ortho intramolecular Hbond substituents is 1. The minimum absolute atomic E-state index is 0.0310. The Kier molecular flexibility index (Phi) is 10.9. The zero-order chi connectivity index (χ0) is 41.0. The van der Waals surface area contributed by atoms with Gasteiger partial charge in [0.15, 0.2) is 11.4 Å². The molecule has 8 rings (SSSR count). The summed E-state index contributed by atoms with van der Waals surface area (Å²) in [4.78, 5) is 62.4. The summed E-state index contributed by atoms with van der Waals surface area (Å²) < 4.78 is 13.1. The maximum atomic E-state index is 13.3. The van der Waals surface area contributed by atoms with Gasteiger partial charge >= 0.3 is 5.97 Å². The highest BCUT2D eigenvalue weighted by Crippen LogP contribution is 2.42. The first-order valence-corrected chi connectivity index (χ1v) is 19.0. The number of amides is 1. The molecule has 0 spiro atoms. The summed E-state index contributed by atoms with van der Waals surface area (Å²) in [5.74, 6) is 0.00208. The average Bonchev–Trinajstić information content (AvgIpc) is 3.68. The highest BCUT2D eigenvalue weighted by atomic mass is 16.5. The van der Waals surface area contributed by atoms with Gasteiger partial charge in [0.1, 0.15) is 23.6 Å². The number of aromatic nitrogens is 6.